The Morgan fingerprint density at radius 1 is 1.32 bits per heavy atom. The van der Waals surface area contributed by atoms with Crippen LogP contribution in [-0.4, -0.2) is 59.4 Å². The largest absolute Gasteiger partial charge is 0.377 e. The lowest BCUT2D eigenvalue weighted by molar-refractivity contribution is -0.120. The molecule has 0 saturated carbocycles. The van der Waals surface area contributed by atoms with E-state index in [1.54, 1.807) is 19.2 Å². The van der Waals surface area contributed by atoms with Crippen molar-refractivity contribution < 1.29 is 13.9 Å². The van der Waals surface area contributed by atoms with Gasteiger partial charge in [0, 0.05) is 32.7 Å². The van der Waals surface area contributed by atoms with E-state index in [1.165, 1.54) is 12.1 Å². The molecular weight excluding hydrogens is 401 g/mol. The van der Waals surface area contributed by atoms with Crippen molar-refractivity contribution >= 4 is 11.9 Å². The lowest BCUT2D eigenvalue weighted by Gasteiger charge is -2.25. The Labute approximate surface area is 181 Å². The van der Waals surface area contributed by atoms with Crippen LogP contribution in [0.2, 0.25) is 0 Å². The molecule has 2 heterocycles. The number of hydrogen-bond acceptors (Lipinski definition) is 5. The summed E-state index contributed by atoms with van der Waals surface area (Å²) in [5.41, 5.74) is 0.774. The van der Waals surface area contributed by atoms with Gasteiger partial charge in [-0.3, -0.25) is 9.79 Å². The number of amides is 1. The maximum Gasteiger partial charge on any atom is 0.224 e. The molecule has 168 valence electrons. The number of halogens is 1. The van der Waals surface area contributed by atoms with Gasteiger partial charge in [-0.1, -0.05) is 12.1 Å². The van der Waals surface area contributed by atoms with Gasteiger partial charge in [0.05, 0.1) is 19.5 Å². The molecule has 3 rings (SSSR count). The summed E-state index contributed by atoms with van der Waals surface area (Å²) in [5, 5.41) is 14.0. The molecular formula is C21H30FN7O2. The van der Waals surface area contributed by atoms with Gasteiger partial charge in [-0.2, -0.15) is 5.10 Å². The number of guanidine groups is 1. The molecule has 0 saturated heterocycles. The van der Waals surface area contributed by atoms with Crippen LogP contribution in [0.15, 0.2) is 29.3 Å². The predicted octanol–water partition coefficient (Wildman–Crippen LogP) is 0.792. The van der Waals surface area contributed by atoms with E-state index in [1.807, 2.05) is 11.6 Å². The lowest BCUT2D eigenvalue weighted by Crippen LogP contribution is -2.47. The van der Waals surface area contributed by atoms with Gasteiger partial charge in [0.25, 0.3) is 0 Å². The molecule has 1 amide bonds. The minimum absolute atomic E-state index is 0.113. The second-order valence-electron chi connectivity index (χ2n) is 7.35. The molecule has 0 spiro atoms. The zero-order valence-electron chi connectivity index (χ0n) is 18.0. The molecule has 1 aliphatic heterocycles. The van der Waals surface area contributed by atoms with Crippen LogP contribution in [0.25, 0.3) is 0 Å². The van der Waals surface area contributed by atoms with Crippen LogP contribution in [0.3, 0.4) is 0 Å². The van der Waals surface area contributed by atoms with E-state index >= 15 is 0 Å². The third-order valence-electron chi connectivity index (χ3n) is 4.84. The number of aliphatic imine (C=N–C) groups is 1. The van der Waals surface area contributed by atoms with Crippen molar-refractivity contribution in [3.05, 3.63) is 47.3 Å². The molecule has 1 aromatic carbocycles. The van der Waals surface area contributed by atoms with Crippen molar-refractivity contribution in [1.29, 1.82) is 0 Å². The molecule has 2 aromatic rings. The quantitative estimate of drug-likeness (QED) is 0.308. The van der Waals surface area contributed by atoms with E-state index < -0.39 is 0 Å². The number of rotatable bonds is 9. The van der Waals surface area contributed by atoms with Gasteiger partial charge in [-0.05, 0) is 31.0 Å². The SMILES string of the molecule is CCNC(=NCCNC(=O)Cc1ccc(F)cc1)NC1CCc2nc(COC)nn2C1. The van der Waals surface area contributed by atoms with Crippen LogP contribution in [0.1, 0.15) is 30.6 Å². The number of nitrogens with zero attached hydrogens (tertiary/aromatic N) is 4. The highest BCUT2D eigenvalue weighted by Crippen LogP contribution is 2.13. The maximum atomic E-state index is 12.9. The van der Waals surface area contributed by atoms with E-state index in [2.05, 4.69) is 31.0 Å². The highest BCUT2D eigenvalue weighted by Gasteiger charge is 2.22. The normalized spacial score (nSPS) is 16.0. The fourth-order valence-corrected chi connectivity index (χ4v) is 3.40. The Morgan fingerprint density at radius 3 is 2.87 bits per heavy atom. The second kappa shape index (κ2) is 11.4. The molecule has 9 nitrogen and oxygen atoms in total. The van der Waals surface area contributed by atoms with Gasteiger partial charge in [-0.25, -0.2) is 14.1 Å². The zero-order chi connectivity index (χ0) is 22.1. The second-order valence-corrected chi connectivity index (χ2v) is 7.35. The number of methoxy groups -OCH3 is 1. The summed E-state index contributed by atoms with van der Waals surface area (Å²) in [4.78, 5) is 21.1. The number of carbonyl (C=O) groups excluding carboxylic acids is 1. The number of aryl methyl sites for hydroxylation is 1. The molecule has 1 unspecified atom stereocenters. The fraction of sp³-hybridized carbons (Fsp3) is 0.524. The third-order valence-corrected chi connectivity index (χ3v) is 4.84. The van der Waals surface area contributed by atoms with Crippen molar-refractivity contribution in [3.8, 4) is 0 Å². The van der Waals surface area contributed by atoms with Gasteiger partial charge >= 0.3 is 0 Å². The monoisotopic (exact) mass is 431 g/mol. The van der Waals surface area contributed by atoms with Crippen LogP contribution in [0, 0.1) is 5.82 Å². The van der Waals surface area contributed by atoms with E-state index in [0.29, 0.717) is 38.0 Å². The summed E-state index contributed by atoms with van der Waals surface area (Å²) in [5.74, 6) is 1.97. The molecule has 0 bridgehead atoms. The van der Waals surface area contributed by atoms with E-state index in [-0.39, 0.29) is 24.2 Å². The van der Waals surface area contributed by atoms with Crippen LogP contribution in [-0.2, 0) is 35.5 Å². The third kappa shape index (κ3) is 7.02. The summed E-state index contributed by atoms with van der Waals surface area (Å²) >= 11 is 0. The first-order valence-corrected chi connectivity index (χ1v) is 10.5. The van der Waals surface area contributed by atoms with Crippen molar-refractivity contribution in [2.24, 2.45) is 4.99 Å². The number of carbonyl (C=O) groups is 1. The summed E-state index contributed by atoms with van der Waals surface area (Å²) in [6.07, 6.45) is 1.99. The number of aromatic nitrogens is 3. The Kier molecular flexibility index (Phi) is 8.34. The average Bonchev–Trinajstić information content (AvgIpc) is 3.15. The number of fused-ring (bicyclic) bond motifs is 1. The van der Waals surface area contributed by atoms with E-state index in [9.17, 15) is 9.18 Å². The lowest BCUT2D eigenvalue weighted by atomic mass is 10.1. The smallest absolute Gasteiger partial charge is 0.224 e. The minimum atomic E-state index is -0.310. The maximum absolute atomic E-state index is 12.9. The van der Waals surface area contributed by atoms with Crippen molar-refractivity contribution in [3.63, 3.8) is 0 Å². The Morgan fingerprint density at radius 2 is 2.13 bits per heavy atom. The van der Waals surface area contributed by atoms with Crippen LogP contribution < -0.4 is 16.0 Å². The van der Waals surface area contributed by atoms with Gasteiger partial charge in [-0.15, -0.1) is 0 Å². The Hall–Kier alpha value is -3.01. The number of nitrogens with one attached hydrogen (secondary N) is 3. The van der Waals surface area contributed by atoms with Gasteiger partial charge in [0.15, 0.2) is 11.8 Å². The van der Waals surface area contributed by atoms with Crippen molar-refractivity contribution in [2.75, 3.05) is 26.7 Å². The molecule has 1 aromatic heterocycles. The highest BCUT2D eigenvalue weighted by molar-refractivity contribution is 5.80. The van der Waals surface area contributed by atoms with E-state index in [4.69, 9.17) is 4.74 Å². The van der Waals surface area contributed by atoms with Crippen LogP contribution >= 0.6 is 0 Å². The van der Waals surface area contributed by atoms with Gasteiger partial charge in [0.2, 0.25) is 5.91 Å². The Bertz CT molecular complexity index is 882. The molecule has 1 atom stereocenters. The van der Waals surface area contributed by atoms with Crippen LogP contribution in [0.4, 0.5) is 4.39 Å². The summed E-state index contributed by atoms with van der Waals surface area (Å²) in [6.45, 7) is 4.75. The average molecular weight is 432 g/mol. The molecule has 31 heavy (non-hydrogen) atoms. The first kappa shape index (κ1) is 22.7. The number of hydrogen-bond donors (Lipinski definition) is 3. The topological polar surface area (TPSA) is 105 Å². The van der Waals surface area contributed by atoms with E-state index in [0.717, 1.165) is 30.8 Å². The minimum Gasteiger partial charge on any atom is -0.377 e. The predicted molar refractivity (Wildman–Crippen MR) is 115 cm³/mol. The summed E-state index contributed by atoms with van der Waals surface area (Å²) in [6, 6.07) is 6.13. The standard InChI is InChI=1S/C21H30FN7O2/c1-3-23-21(25-11-10-24-20(30)12-15-4-6-16(22)7-5-15)26-17-8-9-19-27-18(14-31-2)28-29(19)13-17/h4-7,17H,3,8-14H2,1-2H3,(H,24,30)(H2,23,25,26). The van der Waals surface area contributed by atoms with Crippen molar-refractivity contribution in [2.45, 2.75) is 45.4 Å². The molecule has 1 aliphatic rings. The first-order valence-electron chi connectivity index (χ1n) is 10.5. The molecule has 10 heteroatoms. The fourth-order valence-electron chi connectivity index (χ4n) is 3.40. The summed E-state index contributed by atoms with van der Waals surface area (Å²) in [7, 11) is 1.63. The first-order chi connectivity index (χ1) is 15.1. The Balaban J connectivity index is 1.45. The molecule has 0 fully saturated rings. The number of ether oxygens (including phenoxy) is 1. The van der Waals surface area contributed by atoms with Gasteiger partial charge < -0.3 is 20.7 Å². The highest BCUT2D eigenvalue weighted by atomic mass is 19.1. The zero-order valence-corrected chi connectivity index (χ0v) is 18.0. The number of benzene rings is 1. The van der Waals surface area contributed by atoms with Crippen molar-refractivity contribution in [1.82, 2.24) is 30.7 Å². The van der Waals surface area contributed by atoms with Crippen LogP contribution in [0.5, 0.6) is 0 Å². The molecule has 3 N–H and O–H groups in total. The molecule has 0 radical (unpaired) electrons. The summed E-state index contributed by atoms with van der Waals surface area (Å²) < 4.78 is 20.0. The van der Waals surface area contributed by atoms with Gasteiger partial charge in [0.1, 0.15) is 18.2 Å². The molecule has 0 aliphatic carbocycles.